The zero-order valence-corrected chi connectivity index (χ0v) is 11.5. The lowest BCUT2D eigenvalue weighted by Gasteiger charge is -2.09. The van der Waals surface area contributed by atoms with E-state index in [1.54, 1.807) is 0 Å². The van der Waals surface area contributed by atoms with Crippen molar-refractivity contribution in [3.8, 4) is 0 Å². The minimum absolute atomic E-state index is 0.0998. The van der Waals surface area contributed by atoms with Gasteiger partial charge in [0.1, 0.15) is 10.7 Å². The fraction of sp³-hybridized carbons (Fsp3) is 0.143. The highest BCUT2D eigenvalue weighted by molar-refractivity contribution is 7.89. The molecule has 0 aliphatic heterocycles. The van der Waals surface area contributed by atoms with Crippen LogP contribution in [0.25, 0.3) is 0 Å². The number of nitrogens with one attached hydrogen (secondary N) is 1. The first-order valence-electron chi connectivity index (χ1n) is 6.08. The van der Waals surface area contributed by atoms with Crippen molar-refractivity contribution in [3.05, 3.63) is 59.9 Å². The second-order valence-electron chi connectivity index (χ2n) is 4.32. The lowest BCUT2D eigenvalue weighted by atomic mass is 10.2. The van der Waals surface area contributed by atoms with E-state index in [0.29, 0.717) is 6.42 Å². The van der Waals surface area contributed by atoms with Crippen LogP contribution in [0.4, 0.5) is 10.1 Å². The molecule has 0 heterocycles. The molecular formula is C14H15FN2O2S. The Balaban J connectivity index is 2.04. The third kappa shape index (κ3) is 3.55. The van der Waals surface area contributed by atoms with Crippen LogP contribution in [-0.2, 0) is 16.4 Å². The molecule has 0 saturated carbocycles. The van der Waals surface area contributed by atoms with E-state index in [4.69, 9.17) is 5.73 Å². The van der Waals surface area contributed by atoms with Gasteiger partial charge in [-0.25, -0.2) is 17.5 Å². The molecule has 0 bridgehead atoms. The molecule has 0 unspecified atom stereocenters. The maximum Gasteiger partial charge on any atom is 0.242 e. The van der Waals surface area contributed by atoms with Gasteiger partial charge in [0.15, 0.2) is 0 Å². The van der Waals surface area contributed by atoms with Crippen molar-refractivity contribution in [3.63, 3.8) is 0 Å². The smallest absolute Gasteiger partial charge is 0.242 e. The summed E-state index contributed by atoms with van der Waals surface area (Å²) < 4.78 is 39.4. The molecular weight excluding hydrogens is 279 g/mol. The van der Waals surface area contributed by atoms with E-state index < -0.39 is 15.8 Å². The average Bonchev–Trinajstić information content (AvgIpc) is 2.39. The largest absolute Gasteiger partial charge is 0.398 e. The van der Waals surface area contributed by atoms with Crippen molar-refractivity contribution < 1.29 is 12.8 Å². The Kier molecular flexibility index (Phi) is 4.36. The van der Waals surface area contributed by atoms with Crippen molar-refractivity contribution in [2.75, 3.05) is 12.3 Å². The van der Waals surface area contributed by atoms with Gasteiger partial charge in [-0.05, 0) is 30.2 Å². The standard InChI is InChI=1S/C14H15FN2O2S/c15-12-6-7-14(13(16)10-12)20(18,19)17-9-8-11-4-2-1-3-5-11/h1-7,10,17H,8-9,16H2. The normalized spacial score (nSPS) is 11.4. The number of hydrogen-bond donors (Lipinski definition) is 2. The van der Waals surface area contributed by atoms with Crippen LogP contribution in [0.1, 0.15) is 5.56 Å². The van der Waals surface area contributed by atoms with Crippen molar-refractivity contribution in [2.24, 2.45) is 0 Å². The number of hydrogen-bond acceptors (Lipinski definition) is 3. The first-order chi connectivity index (χ1) is 9.49. The third-order valence-corrected chi connectivity index (χ3v) is 4.34. The van der Waals surface area contributed by atoms with Crippen LogP contribution in [-0.4, -0.2) is 15.0 Å². The van der Waals surface area contributed by atoms with Gasteiger partial charge in [0, 0.05) is 6.54 Å². The molecule has 0 aliphatic rings. The molecule has 0 radical (unpaired) electrons. The summed E-state index contributed by atoms with van der Waals surface area (Å²) in [4.78, 5) is -0.105. The van der Waals surface area contributed by atoms with Gasteiger partial charge >= 0.3 is 0 Å². The molecule has 0 aliphatic carbocycles. The predicted octanol–water partition coefficient (Wildman–Crippen LogP) is 1.93. The van der Waals surface area contributed by atoms with Gasteiger partial charge in [-0.15, -0.1) is 0 Å². The molecule has 2 aromatic rings. The van der Waals surface area contributed by atoms with E-state index in [1.807, 2.05) is 30.3 Å². The number of anilines is 1. The molecule has 0 spiro atoms. The predicted molar refractivity (Wildman–Crippen MR) is 76.1 cm³/mol. The SMILES string of the molecule is Nc1cc(F)ccc1S(=O)(=O)NCCc1ccccc1. The molecule has 0 amide bonds. The van der Waals surface area contributed by atoms with E-state index in [2.05, 4.69) is 4.72 Å². The highest BCUT2D eigenvalue weighted by Gasteiger charge is 2.17. The highest BCUT2D eigenvalue weighted by Crippen LogP contribution is 2.18. The van der Waals surface area contributed by atoms with Gasteiger partial charge in [-0.1, -0.05) is 30.3 Å². The Morgan fingerprint density at radius 1 is 1.10 bits per heavy atom. The lowest BCUT2D eigenvalue weighted by molar-refractivity contribution is 0.581. The van der Waals surface area contributed by atoms with Crippen molar-refractivity contribution in [2.45, 2.75) is 11.3 Å². The highest BCUT2D eigenvalue weighted by atomic mass is 32.2. The number of halogens is 1. The topological polar surface area (TPSA) is 72.2 Å². The number of rotatable bonds is 5. The van der Waals surface area contributed by atoms with E-state index in [-0.39, 0.29) is 17.1 Å². The second-order valence-corrected chi connectivity index (χ2v) is 6.05. The summed E-state index contributed by atoms with van der Waals surface area (Å²) in [5.74, 6) is -0.564. The maximum atomic E-state index is 12.9. The zero-order valence-electron chi connectivity index (χ0n) is 10.7. The molecule has 2 rings (SSSR count). The van der Waals surface area contributed by atoms with Gasteiger partial charge in [0.25, 0.3) is 0 Å². The quantitative estimate of drug-likeness (QED) is 0.828. The van der Waals surface area contributed by atoms with Crippen LogP contribution in [0.15, 0.2) is 53.4 Å². The Labute approximate surface area is 117 Å². The molecule has 20 heavy (non-hydrogen) atoms. The minimum Gasteiger partial charge on any atom is -0.398 e. The molecule has 2 aromatic carbocycles. The first-order valence-corrected chi connectivity index (χ1v) is 7.56. The number of sulfonamides is 1. The van der Waals surface area contributed by atoms with E-state index in [0.717, 1.165) is 23.8 Å². The van der Waals surface area contributed by atoms with Crippen LogP contribution in [0.5, 0.6) is 0 Å². The Morgan fingerprint density at radius 3 is 2.45 bits per heavy atom. The summed E-state index contributed by atoms with van der Waals surface area (Å²) in [5, 5.41) is 0. The summed E-state index contributed by atoms with van der Waals surface area (Å²) in [6, 6.07) is 12.7. The Morgan fingerprint density at radius 2 is 1.80 bits per heavy atom. The zero-order chi connectivity index (χ0) is 14.6. The van der Waals surface area contributed by atoms with Gasteiger partial charge in [-0.3, -0.25) is 0 Å². The molecule has 6 heteroatoms. The van der Waals surface area contributed by atoms with Gasteiger partial charge in [0.05, 0.1) is 5.69 Å². The van der Waals surface area contributed by atoms with E-state index in [1.165, 1.54) is 0 Å². The molecule has 3 N–H and O–H groups in total. The van der Waals surface area contributed by atoms with Crippen LogP contribution in [0.2, 0.25) is 0 Å². The minimum atomic E-state index is -3.72. The van der Waals surface area contributed by atoms with Crippen LogP contribution >= 0.6 is 0 Å². The van der Waals surface area contributed by atoms with E-state index >= 15 is 0 Å². The summed E-state index contributed by atoms with van der Waals surface area (Å²) in [6.45, 7) is 0.253. The molecule has 0 saturated heterocycles. The summed E-state index contributed by atoms with van der Waals surface area (Å²) in [6.07, 6.45) is 0.571. The number of nitrogens with two attached hydrogens (primary N) is 1. The summed E-state index contributed by atoms with van der Waals surface area (Å²) in [5.41, 5.74) is 6.46. The van der Waals surface area contributed by atoms with Crippen LogP contribution < -0.4 is 10.5 Å². The van der Waals surface area contributed by atoms with Crippen molar-refractivity contribution >= 4 is 15.7 Å². The first kappa shape index (κ1) is 14.5. The van der Waals surface area contributed by atoms with Crippen LogP contribution in [0, 0.1) is 5.82 Å². The molecule has 4 nitrogen and oxygen atoms in total. The van der Waals surface area contributed by atoms with Crippen LogP contribution in [0.3, 0.4) is 0 Å². The maximum absolute atomic E-state index is 12.9. The monoisotopic (exact) mass is 294 g/mol. The molecule has 0 aromatic heterocycles. The average molecular weight is 294 g/mol. The summed E-state index contributed by atoms with van der Waals surface area (Å²) in [7, 11) is -3.72. The van der Waals surface area contributed by atoms with E-state index in [9.17, 15) is 12.8 Å². The van der Waals surface area contributed by atoms with Gasteiger partial charge < -0.3 is 5.73 Å². The van der Waals surface area contributed by atoms with Crippen molar-refractivity contribution in [1.82, 2.24) is 4.72 Å². The fourth-order valence-electron chi connectivity index (χ4n) is 1.82. The fourth-order valence-corrected chi connectivity index (χ4v) is 2.96. The van der Waals surface area contributed by atoms with Crippen molar-refractivity contribution in [1.29, 1.82) is 0 Å². The second kappa shape index (κ2) is 6.02. The Hall–Kier alpha value is -1.92. The third-order valence-electron chi connectivity index (χ3n) is 2.81. The van der Waals surface area contributed by atoms with Gasteiger partial charge in [0.2, 0.25) is 10.0 Å². The summed E-state index contributed by atoms with van der Waals surface area (Å²) >= 11 is 0. The Bertz CT molecular complexity index is 688. The molecule has 106 valence electrons. The molecule has 0 fully saturated rings. The lowest BCUT2D eigenvalue weighted by Crippen LogP contribution is -2.26. The number of benzene rings is 2. The molecule has 0 atom stereocenters. The number of nitrogen functional groups attached to an aromatic ring is 1. The van der Waals surface area contributed by atoms with Gasteiger partial charge in [-0.2, -0.15) is 0 Å².